The zero-order valence-corrected chi connectivity index (χ0v) is 28.1. The summed E-state index contributed by atoms with van der Waals surface area (Å²) >= 11 is 0. The lowest BCUT2D eigenvalue weighted by molar-refractivity contribution is -0.127. The van der Waals surface area contributed by atoms with Crippen LogP contribution in [0.5, 0.6) is 0 Å². The Morgan fingerprint density at radius 3 is 1.61 bits per heavy atom. The molecule has 0 radical (unpaired) electrons. The number of Topliss-reactive ketones (excluding diaryl/α,β-unsaturated/α-hetero) is 1. The summed E-state index contributed by atoms with van der Waals surface area (Å²) in [6.07, 6.45) is 0.593. The third-order valence-corrected chi connectivity index (χ3v) is 18.0. The van der Waals surface area contributed by atoms with Gasteiger partial charge >= 0.3 is 0 Å². The van der Waals surface area contributed by atoms with E-state index in [1.165, 1.54) is 0 Å². The monoisotopic (exact) mass is 588 g/mol. The van der Waals surface area contributed by atoms with Gasteiger partial charge in [-0.3, -0.25) is 4.79 Å². The van der Waals surface area contributed by atoms with Crippen molar-refractivity contribution in [3.05, 3.63) is 96.6 Å². The second kappa shape index (κ2) is 13.6. The highest BCUT2D eigenvalue weighted by Gasteiger charge is 2.52. The molecule has 0 unspecified atom stereocenters. The van der Waals surface area contributed by atoms with Crippen molar-refractivity contribution >= 4 is 39.1 Å². The molecule has 0 N–H and O–H groups in total. The Labute approximate surface area is 249 Å². The molecule has 0 spiro atoms. The van der Waals surface area contributed by atoms with Crippen molar-refractivity contribution in [1.82, 2.24) is 0 Å². The molecule has 3 rings (SSSR count). The van der Waals surface area contributed by atoms with E-state index in [1.54, 1.807) is 0 Å². The fourth-order valence-corrected chi connectivity index (χ4v) is 11.2. The van der Waals surface area contributed by atoms with E-state index in [4.69, 9.17) is 8.85 Å². The second-order valence-corrected chi connectivity index (χ2v) is 22.5. The van der Waals surface area contributed by atoms with Gasteiger partial charge in [0, 0.05) is 19.3 Å². The summed E-state index contributed by atoms with van der Waals surface area (Å²) in [6.45, 7) is 17.6. The molecule has 2 atom stereocenters. The number of hydrogen-bond acceptors (Lipinski definition) is 4. The Hall–Kier alpha value is -2.65. The normalized spacial score (nSPS) is 14.3. The Kier molecular flexibility index (Phi) is 10.9. The lowest BCUT2D eigenvalue weighted by Gasteiger charge is -2.46. The quantitative estimate of drug-likeness (QED) is 0.158. The summed E-state index contributed by atoms with van der Waals surface area (Å²) in [5.74, 6) is 0.0305. The molecule has 0 aliphatic rings. The molecule has 0 fully saturated rings. The van der Waals surface area contributed by atoms with Crippen LogP contribution < -0.4 is 10.4 Å². The van der Waals surface area contributed by atoms with Crippen LogP contribution >= 0.6 is 0 Å². The van der Waals surface area contributed by atoms with Gasteiger partial charge in [-0.15, -0.1) is 0 Å². The molecule has 0 saturated heterocycles. The Morgan fingerprint density at radius 2 is 1.20 bits per heavy atom. The minimum absolute atomic E-state index is 0.0305. The second-order valence-electron chi connectivity index (χ2n) is 13.5. The Morgan fingerprint density at radius 1 is 0.732 bits per heavy atom. The van der Waals surface area contributed by atoms with E-state index in [9.17, 15) is 9.59 Å². The number of carbonyl (C=O) groups is 2. The molecule has 6 heteroatoms. The number of ketones is 1. The highest BCUT2D eigenvalue weighted by molar-refractivity contribution is 6.99. The van der Waals surface area contributed by atoms with Gasteiger partial charge in [0.25, 0.3) is 8.32 Å². The summed E-state index contributed by atoms with van der Waals surface area (Å²) in [6, 6.07) is 30.6. The van der Waals surface area contributed by atoms with E-state index in [0.717, 1.165) is 22.2 Å². The minimum Gasteiger partial charge on any atom is -0.407 e. The van der Waals surface area contributed by atoms with Crippen molar-refractivity contribution in [3.63, 3.8) is 0 Å². The van der Waals surface area contributed by atoms with Crippen LogP contribution in [-0.4, -0.2) is 40.9 Å². The van der Waals surface area contributed by atoms with Crippen molar-refractivity contribution < 1.29 is 18.4 Å². The van der Waals surface area contributed by atoms with Gasteiger partial charge in [-0.2, -0.15) is 0 Å². The lowest BCUT2D eigenvalue weighted by atomic mass is 10.0. The maximum atomic E-state index is 13.9. The van der Waals surface area contributed by atoms with Crippen LogP contribution in [-0.2, 0) is 24.9 Å². The molecule has 0 heterocycles. The van der Waals surface area contributed by atoms with E-state index in [2.05, 4.69) is 103 Å². The standard InChI is InChI=1S/C35H48O4Si2/c1-34(2,3)40(7,8)39-33(32(37)26-28-18-12-9-13-19-28)27-29(24-25-36)38-41(35(4,5)6,30-20-14-10-15-21-30)31-22-16-11-17-23-31/h9-23,25,29,33H,24,26-27H2,1-8H3/t29-,33+/m1/s1. The van der Waals surface area contributed by atoms with Gasteiger partial charge in [0.1, 0.15) is 12.4 Å². The number of benzene rings is 3. The predicted molar refractivity (Wildman–Crippen MR) is 175 cm³/mol. The average molecular weight is 589 g/mol. The summed E-state index contributed by atoms with van der Waals surface area (Å²) in [7, 11) is -5.25. The smallest absolute Gasteiger partial charge is 0.261 e. The van der Waals surface area contributed by atoms with Crippen LogP contribution in [0.25, 0.3) is 0 Å². The first-order valence-corrected chi connectivity index (χ1v) is 19.5. The molecule has 0 aliphatic heterocycles. The van der Waals surface area contributed by atoms with Crippen molar-refractivity contribution in [2.75, 3.05) is 0 Å². The van der Waals surface area contributed by atoms with Crippen LogP contribution in [0.15, 0.2) is 91.0 Å². The van der Waals surface area contributed by atoms with Crippen LogP contribution in [0.3, 0.4) is 0 Å². The van der Waals surface area contributed by atoms with Gasteiger partial charge in [0.05, 0.1) is 6.10 Å². The topological polar surface area (TPSA) is 52.6 Å². The first-order valence-electron chi connectivity index (χ1n) is 14.7. The highest BCUT2D eigenvalue weighted by Crippen LogP contribution is 2.40. The molecular weight excluding hydrogens is 541 g/mol. The van der Waals surface area contributed by atoms with Crippen LogP contribution in [0, 0.1) is 0 Å². The number of rotatable bonds is 13. The predicted octanol–water partition coefficient (Wildman–Crippen LogP) is 7.11. The first kappa shape index (κ1) is 32.9. The van der Waals surface area contributed by atoms with E-state index in [0.29, 0.717) is 6.42 Å². The van der Waals surface area contributed by atoms with Gasteiger partial charge in [0.15, 0.2) is 14.1 Å². The minimum atomic E-state index is -2.94. The molecule has 0 aliphatic carbocycles. The SMILES string of the molecule is CC(C)(C)[Si](C)(C)O[C@@H](C[C@@H](CC=O)O[Si](c1ccccc1)(c1ccccc1)C(C)(C)C)C(=O)Cc1ccccc1. The van der Waals surface area contributed by atoms with E-state index < -0.39 is 28.8 Å². The molecule has 41 heavy (non-hydrogen) atoms. The van der Waals surface area contributed by atoms with Crippen molar-refractivity contribution in [1.29, 1.82) is 0 Å². The molecule has 0 bridgehead atoms. The highest BCUT2D eigenvalue weighted by atomic mass is 28.4. The van der Waals surface area contributed by atoms with Gasteiger partial charge in [-0.1, -0.05) is 133 Å². The maximum Gasteiger partial charge on any atom is 0.261 e. The van der Waals surface area contributed by atoms with Gasteiger partial charge < -0.3 is 13.6 Å². The van der Waals surface area contributed by atoms with Gasteiger partial charge in [-0.05, 0) is 39.1 Å². The Balaban J connectivity index is 2.08. The molecular formula is C35H48O4Si2. The molecule has 4 nitrogen and oxygen atoms in total. The Bertz CT molecular complexity index is 1210. The third kappa shape index (κ3) is 8.01. The summed E-state index contributed by atoms with van der Waals surface area (Å²) < 4.78 is 14.2. The molecule has 3 aromatic carbocycles. The summed E-state index contributed by atoms with van der Waals surface area (Å²) in [4.78, 5) is 26.1. The van der Waals surface area contributed by atoms with Crippen molar-refractivity contribution in [2.45, 2.75) is 96.2 Å². The molecule has 3 aromatic rings. The largest absolute Gasteiger partial charge is 0.407 e. The summed E-state index contributed by atoms with van der Waals surface area (Å²) in [5, 5.41) is 1.97. The van der Waals surface area contributed by atoms with Crippen LogP contribution in [0.1, 0.15) is 59.9 Å². The molecule has 220 valence electrons. The lowest BCUT2D eigenvalue weighted by Crippen LogP contribution is -2.68. The number of hydrogen-bond donors (Lipinski definition) is 0. The number of aldehydes is 1. The molecule has 0 aromatic heterocycles. The molecule has 0 amide bonds. The van der Waals surface area contributed by atoms with Crippen molar-refractivity contribution in [2.24, 2.45) is 0 Å². The zero-order chi connectivity index (χ0) is 30.3. The fraction of sp³-hybridized carbons (Fsp3) is 0.429. The van der Waals surface area contributed by atoms with Crippen molar-refractivity contribution in [3.8, 4) is 0 Å². The van der Waals surface area contributed by atoms with Gasteiger partial charge in [-0.25, -0.2) is 0 Å². The maximum absolute atomic E-state index is 13.9. The average Bonchev–Trinajstić information content (AvgIpc) is 2.91. The van der Waals surface area contributed by atoms with Crippen LogP contribution in [0.4, 0.5) is 0 Å². The third-order valence-electron chi connectivity index (χ3n) is 8.42. The fourth-order valence-electron chi connectivity index (χ4n) is 5.17. The number of carbonyl (C=O) groups excluding carboxylic acids is 2. The summed E-state index contributed by atoms with van der Waals surface area (Å²) in [5.41, 5.74) is 0.959. The zero-order valence-electron chi connectivity index (χ0n) is 26.1. The first-order chi connectivity index (χ1) is 19.2. The van der Waals surface area contributed by atoms with E-state index >= 15 is 0 Å². The van der Waals surface area contributed by atoms with E-state index in [1.807, 2.05) is 42.5 Å². The van der Waals surface area contributed by atoms with Gasteiger partial charge in [0.2, 0.25) is 0 Å². The van der Waals surface area contributed by atoms with E-state index in [-0.39, 0.29) is 28.7 Å². The molecule has 0 saturated carbocycles. The van der Waals surface area contributed by atoms with Crippen LogP contribution in [0.2, 0.25) is 23.2 Å².